The SMILES string of the molecule is CCC[NH][Hf+2]([C]1=C(C)C(C)=C(C)C1C)[SiH](c1ccccc1)c1ccccc1.[Cl-].[Cl-]. The third kappa shape index (κ3) is 5.83. The molecule has 2 aromatic rings. The van der Waals surface area contributed by atoms with Crippen LogP contribution in [0.25, 0.3) is 0 Å². The van der Waals surface area contributed by atoms with Crippen LogP contribution < -0.4 is 38.5 Å². The van der Waals surface area contributed by atoms with Gasteiger partial charge in [0.2, 0.25) is 0 Å². The molecule has 0 saturated heterocycles. The second-order valence-corrected chi connectivity index (χ2v) is 27.0. The van der Waals surface area contributed by atoms with Crippen LogP contribution >= 0.6 is 0 Å². The Balaban J connectivity index is 0.00000210. The maximum Gasteiger partial charge on any atom is -1.00 e. The molecule has 29 heavy (non-hydrogen) atoms. The van der Waals surface area contributed by atoms with Gasteiger partial charge in [-0.3, -0.25) is 0 Å². The predicted octanol–water partition coefficient (Wildman–Crippen LogP) is -1.67. The summed E-state index contributed by atoms with van der Waals surface area (Å²) in [6, 6.07) is 22.8. The summed E-state index contributed by atoms with van der Waals surface area (Å²) < 4.78 is 6.04. The molecule has 0 radical (unpaired) electrons. The maximum absolute atomic E-state index is 4.20. The molecule has 1 atom stereocenters. The summed E-state index contributed by atoms with van der Waals surface area (Å²) in [4.78, 5) is 0. The number of hydrogen-bond acceptors (Lipinski definition) is 1. The number of benzene rings is 2. The number of hydrogen-bond donors (Lipinski definition) is 1. The van der Waals surface area contributed by atoms with E-state index in [1.54, 1.807) is 27.1 Å². The van der Waals surface area contributed by atoms with E-state index in [4.69, 9.17) is 0 Å². The molecule has 1 aliphatic rings. The third-order valence-electron chi connectivity index (χ3n) is 6.05. The molecule has 3 rings (SSSR count). The molecule has 0 aliphatic heterocycles. The molecule has 0 fully saturated rings. The topological polar surface area (TPSA) is 12.0 Å². The molecule has 1 aliphatic carbocycles. The van der Waals surface area contributed by atoms with Gasteiger partial charge in [0.05, 0.1) is 0 Å². The Bertz CT molecular complexity index is 797. The van der Waals surface area contributed by atoms with Crippen molar-refractivity contribution in [3.8, 4) is 0 Å². The van der Waals surface area contributed by atoms with Gasteiger partial charge >= 0.3 is 175 Å². The molecule has 1 unspecified atom stereocenters. The Morgan fingerprint density at radius 3 is 1.69 bits per heavy atom. The predicted molar refractivity (Wildman–Crippen MR) is 118 cm³/mol. The van der Waals surface area contributed by atoms with Crippen LogP contribution in [-0.2, 0) is 20.9 Å². The second kappa shape index (κ2) is 12.4. The molecule has 1 nitrogen and oxygen atoms in total. The van der Waals surface area contributed by atoms with Crippen LogP contribution in [0.5, 0.6) is 0 Å². The van der Waals surface area contributed by atoms with Gasteiger partial charge < -0.3 is 24.8 Å². The first-order valence-electron chi connectivity index (χ1n) is 10.2. The van der Waals surface area contributed by atoms with Crippen molar-refractivity contribution in [2.24, 2.45) is 5.92 Å². The van der Waals surface area contributed by atoms with Crippen molar-refractivity contribution in [1.29, 1.82) is 0 Å². The van der Waals surface area contributed by atoms with Gasteiger partial charge in [-0.05, 0) is 0 Å². The molecule has 0 amide bonds. The van der Waals surface area contributed by atoms with Gasteiger partial charge in [-0.25, -0.2) is 0 Å². The first kappa shape index (κ1) is 26.6. The van der Waals surface area contributed by atoms with Crippen molar-refractivity contribution in [3.63, 3.8) is 0 Å². The summed E-state index contributed by atoms with van der Waals surface area (Å²) in [6.45, 7) is 13.0. The summed E-state index contributed by atoms with van der Waals surface area (Å²) in [5.74, 6) is -0.640. The minimum absolute atomic E-state index is 0. The standard InChI is InChI=1S/C12H11Si.C9H13.C3H8N.2ClH.Hf/c1-3-7-11(8-4-1)13-12-9-5-2-6-10-12;1-6-5-7(2)9(4)8(6)3;1-2-3-4;;;/h1-10,13H;6H,1-4H3;4H,2-3H2,1H3;2*1H;/q;;-1;;;+3/p-2. The molecule has 1 N–H and O–H groups in total. The van der Waals surface area contributed by atoms with Crippen LogP contribution in [0.1, 0.15) is 41.0 Å². The Kier molecular flexibility index (Phi) is 11.4. The summed E-state index contributed by atoms with van der Waals surface area (Å²) in [5, 5.41) is 3.23. The van der Waals surface area contributed by atoms with E-state index in [2.05, 4.69) is 98.6 Å². The van der Waals surface area contributed by atoms with Crippen molar-refractivity contribution in [2.45, 2.75) is 41.0 Å². The van der Waals surface area contributed by atoms with E-state index >= 15 is 0 Å². The van der Waals surface area contributed by atoms with Crippen LogP contribution in [-0.4, -0.2) is 12.5 Å². The molecule has 0 heterocycles. The van der Waals surface area contributed by atoms with E-state index < -0.39 is 26.9 Å². The van der Waals surface area contributed by atoms with Crippen LogP contribution in [0, 0.1) is 5.92 Å². The van der Waals surface area contributed by atoms with Gasteiger partial charge in [-0.2, -0.15) is 0 Å². The smallest absolute Gasteiger partial charge is 1.00 e. The zero-order chi connectivity index (χ0) is 19.4. The van der Waals surface area contributed by atoms with Gasteiger partial charge in [0.15, 0.2) is 0 Å². The van der Waals surface area contributed by atoms with Crippen molar-refractivity contribution in [1.82, 2.24) is 3.30 Å². The summed E-state index contributed by atoms with van der Waals surface area (Å²) in [7, 11) is 0. The van der Waals surface area contributed by atoms with Gasteiger partial charge in [-0.1, -0.05) is 0 Å². The molecular formula is C24H32Cl2HfNSi. The van der Waals surface area contributed by atoms with E-state index in [1.807, 2.05) is 3.33 Å². The molecule has 0 spiro atoms. The van der Waals surface area contributed by atoms with Crippen molar-refractivity contribution in [3.05, 3.63) is 80.7 Å². The minimum atomic E-state index is -2.29. The molecule has 155 valence electrons. The normalized spacial score (nSPS) is 16.0. The Morgan fingerprint density at radius 2 is 1.31 bits per heavy atom. The molecule has 5 heteroatoms. The first-order chi connectivity index (χ1) is 13.1. The van der Waals surface area contributed by atoms with Crippen LogP contribution in [0.4, 0.5) is 0 Å². The number of nitrogens with one attached hydrogen (secondary N) is 1. The van der Waals surface area contributed by atoms with Gasteiger partial charge in [0.25, 0.3) is 0 Å². The van der Waals surface area contributed by atoms with Crippen molar-refractivity contribution in [2.75, 3.05) is 6.54 Å². The second-order valence-electron chi connectivity index (χ2n) is 7.66. The van der Waals surface area contributed by atoms with E-state index in [-0.39, 0.29) is 24.8 Å². The number of halogens is 2. The van der Waals surface area contributed by atoms with E-state index in [0.717, 1.165) is 6.54 Å². The quantitative estimate of drug-likeness (QED) is 0.370. The maximum atomic E-state index is 4.20. The van der Waals surface area contributed by atoms with Crippen molar-refractivity contribution >= 4 is 16.4 Å². The Morgan fingerprint density at radius 1 is 0.828 bits per heavy atom. The first-order valence-corrected chi connectivity index (χ1v) is 21.7. The molecule has 0 aromatic heterocycles. The zero-order valence-electron chi connectivity index (χ0n) is 18.1. The fourth-order valence-electron chi connectivity index (χ4n) is 4.23. The van der Waals surface area contributed by atoms with Crippen LogP contribution in [0.3, 0.4) is 0 Å². The Hall–Kier alpha value is -0.453. The van der Waals surface area contributed by atoms with Gasteiger partial charge in [0, 0.05) is 0 Å². The monoisotopic (exact) mass is 612 g/mol. The molecule has 2 aromatic carbocycles. The van der Waals surface area contributed by atoms with Crippen LogP contribution in [0.15, 0.2) is 80.7 Å². The average molecular weight is 612 g/mol. The van der Waals surface area contributed by atoms with E-state index in [0.29, 0.717) is 5.92 Å². The zero-order valence-corrected chi connectivity index (χ0v) is 24.4. The fraction of sp³-hybridized carbons (Fsp3) is 0.333. The summed E-state index contributed by atoms with van der Waals surface area (Å²) in [6.07, 6.45) is 1.21. The fourth-order valence-corrected chi connectivity index (χ4v) is 36.0. The third-order valence-corrected chi connectivity index (χ3v) is 33.6. The molecule has 0 saturated carbocycles. The van der Waals surface area contributed by atoms with Crippen LogP contribution in [0.2, 0.25) is 0 Å². The number of rotatable bonds is 7. The minimum Gasteiger partial charge on any atom is -1.00 e. The number of allylic oxidation sites excluding steroid dienone is 4. The Labute approximate surface area is 198 Å². The van der Waals surface area contributed by atoms with Gasteiger partial charge in [-0.15, -0.1) is 0 Å². The largest absolute Gasteiger partial charge is 1.00 e. The molecular weight excluding hydrogens is 580 g/mol. The average Bonchev–Trinajstić information content (AvgIpc) is 2.89. The summed E-state index contributed by atoms with van der Waals surface area (Å²) >= 11 is -2.29. The van der Waals surface area contributed by atoms with Crippen molar-refractivity contribution < 1.29 is 45.7 Å². The van der Waals surface area contributed by atoms with E-state index in [9.17, 15) is 0 Å². The van der Waals surface area contributed by atoms with E-state index in [1.165, 1.54) is 6.42 Å². The van der Waals surface area contributed by atoms with Gasteiger partial charge in [0.1, 0.15) is 0 Å². The summed E-state index contributed by atoms with van der Waals surface area (Å²) in [5.41, 5.74) is 4.75. The molecule has 0 bridgehead atoms.